The summed E-state index contributed by atoms with van der Waals surface area (Å²) < 4.78 is 5.43. The number of rotatable bonds is 7. The van der Waals surface area contributed by atoms with Crippen LogP contribution >= 0.6 is 0 Å². The fourth-order valence-electron chi connectivity index (χ4n) is 2.01. The zero-order valence-electron chi connectivity index (χ0n) is 11.8. The zero-order chi connectivity index (χ0) is 14.2. The Kier molecular flexibility index (Phi) is 5.38. The van der Waals surface area contributed by atoms with Gasteiger partial charge in [-0.05, 0) is 55.3 Å². The first-order chi connectivity index (χ1) is 9.79. The highest BCUT2D eigenvalue weighted by Crippen LogP contribution is 2.22. The van der Waals surface area contributed by atoms with Crippen LogP contribution in [0.15, 0.2) is 42.7 Å². The number of aromatic nitrogens is 1. The number of nitrogen functional groups attached to an aromatic ring is 1. The lowest BCUT2D eigenvalue weighted by molar-refractivity contribution is 0.342. The van der Waals surface area contributed by atoms with Gasteiger partial charge in [0.05, 0.1) is 12.3 Å². The van der Waals surface area contributed by atoms with Crippen molar-refractivity contribution >= 4 is 5.69 Å². The number of anilines is 1. The lowest BCUT2D eigenvalue weighted by Gasteiger charge is -2.09. The summed E-state index contributed by atoms with van der Waals surface area (Å²) in [6.07, 6.45) is 4.57. The van der Waals surface area contributed by atoms with Crippen molar-refractivity contribution in [2.24, 2.45) is 0 Å². The molecule has 1 aromatic heterocycles. The van der Waals surface area contributed by atoms with Gasteiger partial charge in [-0.2, -0.15) is 0 Å². The fourth-order valence-corrected chi connectivity index (χ4v) is 2.01. The smallest absolute Gasteiger partial charge is 0.142 e. The number of nitrogens with zero attached hydrogens (tertiary/aromatic N) is 1. The second kappa shape index (κ2) is 7.50. The van der Waals surface area contributed by atoms with Gasteiger partial charge >= 0.3 is 0 Å². The van der Waals surface area contributed by atoms with E-state index in [9.17, 15) is 0 Å². The van der Waals surface area contributed by atoms with Crippen LogP contribution in [0.2, 0.25) is 0 Å². The van der Waals surface area contributed by atoms with Gasteiger partial charge in [-0.15, -0.1) is 0 Å². The summed E-state index contributed by atoms with van der Waals surface area (Å²) in [4.78, 5) is 4.00. The van der Waals surface area contributed by atoms with Crippen LogP contribution in [-0.4, -0.2) is 18.1 Å². The van der Waals surface area contributed by atoms with E-state index in [4.69, 9.17) is 10.5 Å². The van der Waals surface area contributed by atoms with Gasteiger partial charge in [0.2, 0.25) is 0 Å². The predicted molar refractivity (Wildman–Crippen MR) is 81.7 cm³/mol. The topological polar surface area (TPSA) is 60.2 Å². The highest BCUT2D eigenvalue weighted by Gasteiger charge is 2.01. The highest BCUT2D eigenvalue weighted by molar-refractivity contribution is 5.54. The predicted octanol–water partition coefficient (Wildman–Crippen LogP) is 2.39. The van der Waals surface area contributed by atoms with E-state index < -0.39 is 0 Å². The molecule has 0 aliphatic carbocycles. The molecule has 4 heteroatoms. The van der Waals surface area contributed by atoms with Gasteiger partial charge in [0.15, 0.2) is 0 Å². The highest BCUT2D eigenvalue weighted by atomic mass is 16.5. The number of nitrogens with two attached hydrogens (primary N) is 1. The van der Waals surface area contributed by atoms with Crippen LogP contribution in [-0.2, 0) is 13.0 Å². The molecule has 0 aliphatic heterocycles. The minimum absolute atomic E-state index is 0.636. The molecular formula is C16H21N3O. The molecule has 0 unspecified atom stereocenters. The average molecular weight is 271 g/mol. The maximum Gasteiger partial charge on any atom is 0.142 e. The van der Waals surface area contributed by atoms with Crippen LogP contribution in [0.4, 0.5) is 5.69 Å². The van der Waals surface area contributed by atoms with E-state index in [1.807, 2.05) is 43.6 Å². The van der Waals surface area contributed by atoms with Crippen molar-refractivity contribution in [2.45, 2.75) is 19.9 Å². The van der Waals surface area contributed by atoms with E-state index in [0.717, 1.165) is 25.3 Å². The first-order valence-corrected chi connectivity index (χ1v) is 6.90. The Balaban J connectivity index is 1.78. The Labute approximate surface area is 120 Å². The Morgan fingerprint density at radius 2 is 1.95 bits per heavy atom. The minimum atomic E-state index is 0.636. The Bertz CT molecular complexity index is 529. The standard InChI is InChI=1S/C16H21N3O/c1-2-20-16-4-3-13(11-15(16)17)5-10-19-12-14-6-8-18-9-7-14/h3-4,6-9,11,19H,2,5,10,12,17H2,1H3. The van der Waals surface area contributed by atoms with Gasteiger partial charge in [-0.3, -0.25) is 4.98 Å². The van der Waals surface area contributed by atoms with Crippen molar-refractivity contribution in [1.82, 2.24) is 10.3 Å². The largest absolute Gasteiger partial charge is 0.492 e. The van der Waals surface area contributed by atoms with Gasteiger partial charge < -0.3 is 15.8 Å². The molecule has 0 amide bonds. The molecule has 2 aromatic rings. The van der Waals surface area contributed by atoms with Crippen molar-refractivity contribution < 1.29 is 4.74 Å². The summed E-state index contributed by atoms with van der Waals surface area (Å²) in [6.45, 7) is 4.36. The van der Waals surface area contributed by atoms with E-state index in [0.29, 0.717) is 12.3 Å². The van der Waals surface area contributed by atoms with Gasteiger partial charge in [0.25, 0.3) is 0 Å². The monoisotopic (exact) mass is 271 g/mol. The van der Waals surface area contributed by atoms with Crippen LogP contribution in [0.5, 0.6) is 5.75 Å². The molecule has 20 heavy (non-hydrogen) atoms. The van der Waals surface area contributed by atoms with Crippen molar-refractivity contribution in [3.05, 3.63) is 53.9 Å². The number of ether oxygens (including phenoxy) is 1. The molecule has 106 valence electrons. The summed E-state index contributed by atoms with van der Waals surface area (Å²) in [6, 6.07) is 10.0. The third kappa shape index (κ3) is 4.24. The molecule has 1 aromatic carbocycles. The molecule has 0 saturated heterocycles. The SMILES string of the molecule is CCOc1ccc(CCNCc2ccncc2)cc1N. The maximum absolute atomic E-state index is 5.95. The second-order valence-electron chi connectivity index (χ2n) is 4.59. The lowest BCUT2D eigenvalue weighted by atomic mass is 10.1. The molecule has 0 aliphatic rings. The fraction of sp³-hybridized carbons (Fsp3) is 0.312. The molecule has 1 heterocycles. The summed E-state index contributed by atoms with van der Waals surface area (Å²) in [5, 5.41) is 3.41. The van der Waals surface area contributed by atoms with Crippen molar-refractivity contribution in [2.75, 3.05) is 18.9 Å². The minimum Gasteiger partial charge on any atom is -0.492 e. The van der Waals surface area contributed by atoms with Gasteiger partial charge in [-0.25, -0.2) is 0 Å². The molecule has 2 rings (SSSR count). The Morgan fingerprint density at radius 3 is 2.65 bits per heavy atom. The molecule has 3 N–H and O–H groups in total. The van der Waals surface area contributed by atoms with E-state index in [2.05, 4.69) is 16.4 Å². The van der Waals surface area contributed by atoms with Crippen LogP contribution in [0.25, 0.3) is 0 Å². The number of hydrogen-bond donors (Lipinski definition) is 2. The Hall–Kier alpha value is -2.07. The van der Waals surface area contributed by atoms with Crippen LogP contribution < -0.4 is 15.8 Å². The normalized spacial score (nSPS) is 10.4. The number of nitrogens with one attached hydrogen (secondary N) is 1. The first-order valence-electron chi connectivity index (χ1n) is 6.90. The first kappa shape index (κ1) is 14.3. The summed E-state index contributed by atoms with van der Waals surface area (Å²) in [5.74, 6) is 0.765. The molecule has 0 atom stereocenters. The lowest BCUT2D eigenvalue weighted by Crippen LogP contribution is -2.16. The van der Waals surface area contributed by atoms with Gasteiger partial charge in [-0.1, -0.05) is 6.07 Å². The molecule has 0 saturated carbocycles. The zero-order valence-corrected chi connectivity index (χ0v) is 11.8. The van der Waals surface area contributed by atoms with Gasteiger partial charge in [0, 0.05) is 18.9 Å². The van der Waals surface area contributed by atoms with E-state index in [1.54, 1.807) is 0 Å². The van der Waals surface area contributed by atoms with Crippen molar-refractivity contribution in [3.8, 4) is 5.75 Å². The molecule has 4 nitrogen and oxygen atoms in total. The molecule has 0 spiro atoms. The van der Waals surface area contributed by atoms with Crippen LogP contribution in [0, 0.1) is 0 Å². The average Bonchev–Trinajstić information content (AvgIpc) is 2.48. The molecule has 0 fully saturated rings. The third-order valence-electron chi connectivity index (χ3n) is 3.04. The quantitative estimate of drug-likeness (QED) is 0.599. The molecular weight excluding hydrogens is 250 g/mol. The van der Waals surface area contributed by atoms with Crippen LogP contribution in [0.3, 0.4) is 0 Å². The van der Waals surface area contributed by atoms with E-state index in [-0.39, 0.29) is 0 Å². The number of hydrogen-bond acceptors (Lipinski definition) is 4. The molecule has 0 radical (unpaired) electrons. The second-order valence-corrected chi connectivity index (χ2v) is 4.59. The maximum atomic E-state index is 5.95. The number of benzene rings is 1. The van der Waals surface area contributed by atoms with Crippen molar-refractivity contribution in [3.63, 3.8) is 0 Å². The molecule has 0 bridgehead atoms. The summed E-state index contributed by atoms with van der Waals surface area (Å²) in [5.41, 5.74) is 9.12. The van der Waals surface area contributed by atoms with E-state index in [1.165, 1.54) is 11.1 Å². The van der Waals surface area contributed by atoms with Crippen molar-refractivity contribution in [1.29, 1.82) is 0 Å². The third-order valence-corrected chi connectivity index (χ3v) is 3.04. The van der Waals surface area contributed by atoms with Crippen LogP contribution in [0.1, 0.15) is 18.1 Å². The van der Waals surface area contributed by atoms with E-state index >= 15 is 0 Å². The summed E-state index contributed by atoms with van der Waals surface area (Å²) in [7, 11) is 0. The Morgan fingerprint density at radius 1 is 1.15 bits per heavy atom. The summed E-state index contributed by atoms with van der Waals surface area (Å²) >= 11 is 0. The van der Waals surface area contributed by atoms with Gasteiger partial charge in [0.1, 0.15) is 5.75 Å². The number of pyridine rings is 1.